The number of carbonyl (C=O) groups excluding carboxylic acids is 1. The third-order valence-corrected chi connectivity index (χ3v) is 4.19. The number of ketones is 1. The SMILES string of the molecule is O=C(CCC1CCCNC1)c1cccc2c1OCC2. The van der Waals surface area contributed by atoms with Crippen molar-refractivity contribution in [2.45, 2.75) is 32.1 Å². The fourth-order valence-electron chi connectivity index (χ4n) is 3.08. The maximum atomic E-state index is 12.3. The van der Waals surface area contributed by atoms with Crippen LogP contribution in [-0.2, 0) is 6.42 Å². The van der Waals surface area contributed by atoms with E-state index in [9.17, 15) is 4.79 Å². The highest BCUT2D eigenvalue weighted by atomic mass is 16.5. The Morgan fingerprint density at radius 2 is 2.37 bits per heavy atom. The minimum Gasteiger partial charge on any atom is -0.492 e. The maximum absolute atomic E-state index is 12.3. The number of hydrogen-bond acceptors (Lipinski definition) is 3. The predicted molar refractivity (Wildman–Crippen MR) is 74.8 cm³/mol. The first kappa shape index (κ1) is 12.7. The second kappa shape index (κ2) is 5.74. The summed E-state index contributed by atoms with van der Waals surface area (Å²) in [5.74, 6) is 1.74. The third kappa shape index (κ3) is 2.81. The van der Waals surface area contributed by atoms with Gasteiger partial charge in [0.2, 0.25) is 0 Å². The molecule has 0 bridgehead atoms. The summed E-state index contributed by atoms with van der Waals surface area (Å²) in [6, 6.07) is 5.94. The van der Waals surface area contributed by atoms with Crippen molar-refractivity contribution < 1.29 is 9.53 Å². The molecule has 0 radical (unpaired) electrons. The lowest BCUT2D eigenvalue weighted by Gasteiger charge is -2.22. The average Bonchev–Trinajstić information content (AvgIpc) is 2.94. The first-order chi connectivity index (χ1) is 9.34. The topological polar surface area (TPSA) is 38.3 Å². The normalized spacial score (nSPS) is 21.8. The molecule has 2 heterocycles. The molecule has 102 valence electrons. The van der Waals surface area contributed by atoms with Gasteiger partial charge < -0.3 is 10.1 Å². The summed E-state index contributed by atoms with van der Waals surface area (Å²) in [5.41, 5.74) is 1.98. The van der Waals surface area contributed by atoms with Gasteiger partial charge in [0.1, 0.15) is 5.75 Å². The van der Waals surface area contributed by atoms with Gasteiger partial charge in [0, 0.05) is 12.8 Å². The highest BCUT2D eigenvalue weighted by Gasteiger charge is 2.21. The van der Waals surface area contributed by atoms with Crippen LogP contribution in [0.4, 0.5) is 0 Å². The molecule has 0 aliphatic carbocycles. The zero-order valence-corrected chi connectivity index (χ0v) is 11.3. The molecule has 3 rings (SSSR count). The molecule has 3 nitrogen and oxygen atoms in total. The Hall–Kier alpha value is -1.35. The van der Waals surface area contributed by atoms with Gasteiger partial charge in [-0.2, -0.15) is 0 Å². The largest absolute Gasteiger partial charge is 0.492 e. The van der Waals surface area contributed by atoms with Crippen LogP contribution in [0.3, 0.4) is 0 Å². The van der Waals surface area contributed by atoms with Crippen LogP contribution in [0, 0.1) is 5.92 Å². The van der Waals surface area contributed by atoms with Gasteiger partial charge in [0.25, 0.3) is 0 Å². The lowest BCUT2D eigenvalue weighted by molar-refractivity contribution is 0.0968. The summed E-state index contributed by atoms with van der Waals surface area (Å²) in [6.07, 6.45) is 5.07. The summed E-state index contributed by atoms with van der Waals surface area (Å²) < 4.78 is 5.61. The molecule has 19 heavy (non-hydrogen) atoms. The van der Waals surface area contributed by atoms with Crippen LogP contribution in [0.15, 0.2) is 18.2 Å². The molecule has 3 heteroatoms. The Morgan fingerprint density at radius 3 is 3.21 bits per heavy atom. The zero-order chi connectivity index (χ0) is 13.1. The zero-order valence-electron chi connectivity index (χ0n) is 11.3. The highest BCUT2D eigenvalue weighted by Crippen LogP contribution is 2.31. The highest BCUT2D eigenvalue weighted by molar-refractivity contribution is 5.99. The predicted octanol–water partition coefficient (Wildman–Crippen LogP) is 2.58. The fraction of sp³-hybridized carbons (Fsp3) is 0.562. The Kier molecular flexibility index (Phi) is 3.83. The Bertz CT molecular complexity index is 464. The van der Waals surface area contributed by atoms with Gasteiger partial charge in [-0.3, -0.25) is 4.79 Å². The molecule has 1 aromatic rings. The maximum Gasteiger partial charge on any atom is 0.166 e. The molecule has 0 amide bonds. The minimum atomic E-state index is 0.240. The summed E-state index contributed by atoms with van der Waals surface area (Å²) in [5, 5.41) is 3.40. The number of piperidine rings is 1. The number of benzene rings is 1. The molecule has 1 aromatic carbocycles. The Balaban J connectivity index is 1.62. The van der Waals surface area contributed by atoms with E-state index in [1.54, 1.807) is 0 Å². The van der Waals surface area contributed by atoms with Gasteiger partial charge in [-0.25, -0.2) is 0 Å². The summed E-state index contributed by atoms with van der Waals surface area (Å²) in [6.45, 7) is 2.91. The molecule has 0 spiro atoms. The molecule has 0 aromatic heterocycles. The number of rotatable bonds is 4. The number of Topliss-reactive ketones (excluding diaryl/α,β-unsaturated/α-hetero) is 1. The van der Waals surface area contributed by atoms with Crippen molar-refractivity contribution >= 4 is 5.78 Å². The van der Waals surface area contributed by atoms with E-state index < -0.39 is 0 Å². The number of nitrogens with one attached hydrogen (secondary N) is 1. The first-order valence-electron chi connectivity index (χ1n) is 7.33. The average molecular weight is 259 g/mol. The second-order valence-corrected chi connectivity index (χ2v) is 5.57. The minimum absolute atomic E-state index is 0.240. The third-order valence-electron chi connectivity index (χ3n) is 4.19. The van der Waals surface area contributed by atoms with Gasteiger partial charge in [-0.05, 0) is 49.9 Å². The second-order valence-electron chi connectivity index (χ2n) is 5.57. The summed E-state index contributed by atoms with van der Waals surface area (Å²) in [4.78, 5) is 12.3. The standard InChI is InChI=1S/C16H21NO2/c18-15(7-6-12-3-2-9-17-11-12)14-5-1-4-13-8-10-19-16(13)14/h1,4-5,12,17H,2-3,6-11H2. The molecule has 1 unspecified atom stereocenters. The molecule has 1 saturated heterocycles. The van der Waals surface area contributed by atoms with Crippen LogP contribution >= 0.6 is 0 Å². The number of para-hydroxylation sites is 1. The number of fused-ring (bicyclic) bond motifs is 1. The van der Waals surface area contributed by atoms with Gasteiger partial charge >= 0.3 is 0 Å². The van der Waals surface area contributed by atoms with Crippen molar-refractivity contribution in [1.82, 2.24) is 5.32 Å². The van der Waals surface area contributed by atoms with E-state index in [0.29, 0.717) is 18.9 Å². The lowest BCUT2D eigenvalue weighted by atomic mass is 9.92. The molecule has 2 aliphatic rings. The van der Waals surface area contributed by atoms with E-state index in [1.807, 2.05) is 12.1 Å². The van der Waals surface area contributed by atoms with Crippen molar-refractivity contribution in [2.75, 3.05) is 19.7 Å². The molecular formula is C16H21NO2. The van der Waals surface area contributed by atoms with E-state index in [2.05, 4.69) is 11.4 Å². The summed E-state index contributed by atoms with van der Waals surface area (Å²) >= 11 is 0. The van der Waals surface area contributed by atoms with Crippen LogP contribution in [0.2, 0.25) is 0 Å². The van der Waals surface area contributed by atoms with E-state index in [-0.39, 0.29) is 5.78 Å². The van der Waals surface area contributed by atoms with E-state index >= 15 is 0 Å². The van der Waals surface area contributed by atoms with Gasteiger partial charge in [-0.1, -0.05) is 12.1 Å². The van der Waals surface area contributed by atoms with Gasteiger partial charge in [-0.15, -0.1) is 0 Å². The number of ether oxygens (including phenoxy) is 1. The Morgan fingerprint density at radius 1 is 1.42 bits per heavy atom. The van der Waals surface area contributed by atoms with E-state index in [4.69, 9.17) is 4.74 Å². The molecular weight excluding hydrogens is 238 g/mol. The number of hydrogen-bond donors (Lipinski definition) is 1. The Labute approximate surface area is 114 Å². The molecule has 1 atom stereocenters. The van der Waals surface area contributed by atoms with Crippen molar-refractivity contribution in [2.24, 2.45) is 5.92 Å². The van der Waals surface area contributed by atoms with E-state index in [1.165, 1.54) is 18.4 Å². The van der Waals surface area contributed by atoms with Crippen molar-refractivity contribution in [3.8, 4) is 5.75 Å². The van der Waals surface area contributed by atoms with E-state index in [0.717, 1.165) is 37.2 Å². The van der Waals surface area contributed by atoms with Crippen molar-refractivity contribution in [1.29, 1.82) is 0 Å². The van der Waals surface area contributed by atoms with Gasteiger partial charge in [0.05, 0.1) is 12.2 Å². The summed E-state index contributed by atoms with van der Waals surface area (Å²) in [7, 11) is 0. The molecule has 1 fully saturated rings. The monoisotopic (exact) mass is 259 g/mol. The smallest absolute Gasteiger partial charge is 0.166 e. The molecule has 2 aliphatic heterocycles. The first-order valence-corrected chi connectivity index (χ1v) is 7.33. The van der Waals surface area contributed by atoms with Crippen LogP contribution < -0.4 is 10.1 Å². The molecule has 1 N–H and O–H groups in total. The van der Waals surface area contributed by atoms with Gasteiger partial charge in [0.15, 0.2) is 5.78 Å². The van der Waals surface area contributed by atoms with Crippen molar-refractivity contribution in [3.63, 3.8) is 0 Å². The van der Waals surface area contributed by atoms with Crippen LogP contribution in [0.25, 0.3) is 0 Å². The van der Waals surface area contributed by atoms with Crippen LogP contribution in [-0.4, -0.2) is 25.5 Å². The number of carbonyl (C=O) groups is 1. The van der Waals surface area contributed by atoms with Crippen LogP contribution in [0.1, 0.15) is 41.6 Å². The fourth-order valence-corrected chi connectivity index (χ4v) is 3.08. The quantitative estimate of drug-likeness (QED) is 0.845. The lowest BCUT2D eigenvalue weighted by Crippen LogP contribution is -2.30. The van der Waals surface area contributed by atoms with Crippen molar-refractivity contribution in [3.05, 3.63) is 29.3 Å². The molecule has 0 saturated carbocycles. The van der Waals surface area contributed by atoms with Crippen LogP contribution in [0.5, 0.6) is 5.75 Å².